The molecular weight excluding hydrogens is 628 g/mol. The van der Waals surface area contributed by atoms with Crippen molar-refractivity contribution in [1.29, 1.82) is 5.41 Å². The lowest BCUT2D eigenvalue weighted by Gasteiger charge is -2.44. The molecule has 0 aromatic carbocycles. The molecule has 0 radical (unpaired) electrons. The van der Waals surface area contributed by atoms with E-state index in [1.54, 1.807) is 20.2 Å². The number of amides is 1. The molecule has 47 heavy (non-hydrogen) atoms. The van der Waals surface area contributed by atoms with E-state index in [0.29, 0.717) is 30.2 Å². The number of hydrogen-bond donors (Lipinski definition) is 2. The molecule has 2 rings (SSSR count). The lowest BCUT2D eigenvalue weighted by molar-refractivity contribution is 0.0701. The summed E-state index contributed by atoms with van der Waals surface area (Å²) in [7, 11) is 4.39. The van der Waals surface area contributed by atoms with Gasteiger partial charge in [0.05, 0.1) is 0 Å². The predicted molar refractivity (Wildman–Crippen MR) is 192 cm³/mol. The van der Waals surface area contributed by atoms with Crippen LogP contribution < -0.4 is 5.73 Å². The third-order valence-electron chi connectivity index (χ3n) is 7.75. The third-order valence-corrected chi connectivity index (χ3v) is 7.75. The van der Waals surface area contributed by atoms with Crippen molar-refractivity contribution in [3.05, 3.63) is 36.7 Å². The highest BCUT2D eigenvalue weighted by Gasteiger charge is 2.52. The number of aliphatic imine (C=N–C) groups is 4. The normalized spacial score (nSPS) is 23.7. The van der Waals surface area contributed by atoms with Gasteiger partial charge in [0, 0.05) is 51.3 Å². The summed E-state index contributed by atoms with van der Waals surface area (Å²) >= 11 is 5.27. The number of nitrogens with zero attached hydrogens (tertiary/aromatic N) is 5. The van der Waals surface area contributed by atoms with Crippen LogP contribution in [0.4, 0.5) is 13.6 Å². The molecule has 2 atom stereocenters. The fourth-order valence-corrected chi connectivity index (χ4v) is 5.01. The van der Waals surface area contributed by atoms with Crippen LogP contribution in [0.25, 0.3) is 0 Å². The van der Waals surface area contributed by atoms with Crippen molar-refractivity contribution in [2.45, 2.75) is 83.2 Å². The molecule has 262 valence electrons. The number of primary amides is 1. The Morgan fingerprint density at radius 1 is 1.34 bits per heavy atom. The first-order valence-electron chi connectivity index (χ1n) is 15.3. The topological polar surface area (TPSA) is 138 Å². The molecule has 13 heteroatoms. The lowest BCUT2D eigenvalue weighted by Crippen LogP contribution is -2.58. The molecule has 1 heterocycles. The molecule has 1 saturated carbocycles. The van der Waals surface area contributed by atoms with E-state index < -0.39 is 35.6 Å². The van der Waals surface area contributed by atoms with Crippen LogP contribution in [0.3, 0.4) is 0 Å². The Kier molecular flexibility index (Phi) is 19.6. The molecule has 1 fully saturated rings. The molecule has 1 amide bonds. The summed E-state index contributed by atoms with van der Waals surface area (Å²) in [6.45, 7) is 15.6. The number of terminal acetylenes is 1. The molecule has 3 N–H and O–H groups in total. The monoisotopic (exact) mass is 679 g/mol. The van der Waals surface area contributed by atoms with Gasteiger partial charge in [-0.25, -0.2) is 23.6 Å². The summed E-state index contributed by atoms with van der Waals surface area (Å²) in [5.41, 5.74) is 2.24. The smallest absolute Gasteiger partial charge is 0.388 e. The van der Waals surface area contributed by atoms with Gasteiger partial charge in [0.2, 0.25) is 5.84 Å². The minimum absolute atomic E-state index is 0.195. The number of halogens is 3. The van der Waals surface area contributed by atoms with Gasteiger partial charge in [-0.2, -0.15) is 0 Å². The summed E-state index contributed by atoms with van der Waals surface area (Å²) in [5.74, 6) is 1.86. The van der Waals surface area contributed by atoms with Crippen molar-refractivity contribution in [3.8, 4) is 12.3 Å². The fourth-order valence-electron chi connectivity index (χ4n) is 5.01. The molecule has 0 aromatic rings. The number of allylic oxidation sites excluding steroid dienone is 3. The van der Waals surface area contributed by atoms with E-state index >= 15 is 0 Å². The van der Waals surface area contributed by atoms with Crippen molar-refractivity contribution >= 4 is 47.3 Å². The Morgan fingerprint density at radius 3 is 2.30 bits per heavy atom. The maximum atomic E-state index is 15.0. The van der Waals surface area contributed by atoms with E-state index in [0.717, 1.165) is 31.8 Å². The zero-order valence-electron chi connectivity index (χ0n) is 29.1. The Labute approximate surface area is 284 Å². The zero-order chi connectivity index (χ0) is 36.4. The first-order chi connectivity index (χ1) is 22.1. The summed E-state index contributed by atoms with van der Waals surface area (Å²) in [4.78, 5) is 30.7. The number of ether oxygens (including phenoxy) is 2. The predicted octanol–water partition coefficient (Wildman–Crippen LogP) is 7.10. The number of nitrogens with one attached hydrogen (secondary N) is 1. The molecular formula is C34H52ClF2N7O3. The van der Waals surface area contributed by atoms with Crippen molar-refractivity contribution in [2.24, 2.45) is 37.5 Å². The van der Waals surface area contributed by atoms with Gasteiger partial charge in [0.15, 0.2) is 5.84 Å². The van der Waals surface area contributed by atoms with Gasteiger partial charge in [0.25, 0.3) is 5.90 Å². The average molecular weight is 680 g/mol. The van der Waals surface area contributed by atoms with Gasteiger partial charge >= 0.3 is 6.09 Å². The quantitative estimate of drug-likeness (QED) is 0.0883. The highest BCUT2D eigenvalue weighted by Crippen LogP contribution is 2.40. The molecule has 1 aliphatic heterocycles. The number of carbonyl (C=O) groups excluding carboxylic acids is 1. The number of amidine groups is 3. The van der Waals surface area contributed by atoms with Crippen molar-refractivity contribution in [2.75, 3.05) is 34.4 Å². The third kappa shape index (κ3) is 12.8. The van der Waals surface area contributed by atoms with Gasteiger partial charge in [-0.05, 0) is 64.5 Å². The minimum atomic E-state index is -1.61. The van der Waals surface area contributed by atoms with Crippen LogP contribution in [0.15, 0.2) is 56.7 Å². The molecule has 1 aliphatic carbocycles. The van der Waals surface area contributed by atoms with Gasteiger partial charge in [-0.3, -0.25) is 10.4 Å². The van der Waals surface area contributed by atoms with Crippen molar-refractivity contribution in [3.63, 3.8) is 0 Å². The molecule has 10 nitrogen and oxygen atoms in total. The second kappa shape index (κ2) is 21.2. The van der Waals surface area contributed by atoms with E-state index in [9.17, 15) is 13.6 Å². The van der Waals surface area contributed by atoms with Gasteiger partial charge < -0.3 is 25.1 Å². The number of rotatable bonds is 9. The summed E-state index contributed by atoms with van der Waals surface area (Å²) in [6.07, 6.45) is 12.0. The van der Waals surface area contributed by atoms with Gasteiger partial charge in [0.1, 0.15) is 29.5 Å². The van der Waals surface area contributed by atoms with E-state index in [1.807, 2.05) is 25.7 Å². The van der Waals surface area contributed by atoms with Crippen LogP contribution in [-0.4, -0.2) is 91.6 Å². The van der Waals surface area contributed by atoms with Gasteiger partial charge in [-0.1, -0.05) is 38.8 Å². The van der Waals surface area contributed by atoms with E-state index in [4.69, 9.17) is 37.2 Å². The van der Waals surface area contributed by atoms with Crippen LogP contribution in [0, 0.1) is 29.6 Å². The molecule has 0 spiro atoms. The maximum absolute atomic E-state index is 15.0. The highest BCUT2D eigenvalue weighted by atomic mass is 35.5. The summed E-state index contributed by atoms with van der Waals surface area (Å²) < 4.78 is 39.8. The fraction of sp³-hybridized carbons (Fsp3) is 0.588. The minimum Gasteiger partial charge on any atom is -0.388 e. The number of carbonyl (C=O) groups is 1. The Balaban J connectivity index is 0.00000236. The van der Waals surface area contributed by atoms with Gasteiger partial charge in [-0.15, -0.1) is 18.0 Å². The summed E-state index contributed by atoms with van der Waals surface area (Å²) in [6, 6.07) is 0. The number of nitrogens with two attached hydrogens (primary N) is 1. The molecule has 2 unspecified atom stereocenters. The van der Waals surface area contributed by atoms with E-state index in [2.05, 4.69) is 47.4 Å². The first-order valence-corrected chi connectivity index (χ1v) is 15.7. The lowest BCUT2D eigenvalue weighted by atomic mass is 9.81. The number of hydrogen-bond acceptors (Lipinski definition) is 7. The van der Waals surface area contributed by atoms with Crippen molar-refractivity contribution < 1.29 is 23.0 Å². The Bertz CT molecular complexity index is 1280. The molecule has 0 saturated heterocycles. The van der Waals surface area contributed by atoms with E-state index in [1.165, 1.54) is 20.2 Å². The van der Waals surface area contributed by atoms with Crippen LogP contribution in [0.1, 0.15) is 66.7 Å². The number of methoxy groups -OCH3 is 1. The Morgan fingerprint density at radius 2 is 1.89 bits per heavy atom. The zero-order valence-corrected chi connectivity index (χ0v) is 29.8. The van der Waals surface area contributed by atoms with Crippen LogP contribution in [0.2, 0.25) is 0 Å². The molecule has 2 aliphatic rings. The second-order valence-corrected chi connectivity index (χ2v) is 12.5. The molecule has 0 bridgehead atoms. The van der Waals surface area contributed by atoms with E-state index in [-0.39, 0.29) is 23.1 Å². The Hall–Kier alpha value is -3.69. The summed E-state index contributed by atoms with van der Waals surface area (Å²) in [5, 5.41) is 8.38. The molecule has 0 aromatic heterocycles. The van der Waals surface area contributed by atoms with Crippen LogP contribution >= 0.6 is 11.6 Å². The van der Waals surface area contributed by atoms with Crippen LogP contribution in [0.5, 0.6) is 0 Å². The standard InChI is InChI=1S/C27H41F2N7O3.C4H4.C3H7Cl/c1-8-20(29)19(15-28)27(4,38-7)24-35-23(34-22(33-6)21(30)39-25(31)37)26(3,13-14-32-5)36(24)16-18-11-9-17(2)10-12-18;1-3-4-2;1-3(2)4/h8,14,17-18,30H,1,9-13,15-16H2,2-7H3,(H2,31,37);1,4H,2H2;3H,1-2H3/b20-19-,30-21?,32-14?,33-22?,34-23?;;. The second-order valence-electron chi connectivity index (χ2n) is 11.6. The first kappa shape index (κ1) is 43.3. The van der Waals surface area contributed by atoms with Crippen molar-refractivity contribution in [1.82, 2.24) is 4.90 Å². The van der Waals surface area contributed by atoms with Crippen LogP contribution in [-0.2, 0) is 9.47 Å². The SMILES string of the molecule is C#CC=C.C=C/C(F)=C(\CF)C(C)(OC)C1=NC(=NC(=NC)C(=N)OC(N)=O)C(C)(CC=NC)N1CC1CCC(C)CC1.CC(C)Cl. The largest absolute Gasteiger partial charge is 0.411 e. The maximum Gasteiger partial charge on any atom is 0.411 e. The number of alkyl halides is 2. The average Bonchev–Trinajstić information content (AvgIpc) is 3.30. The highest BCUT2D eigenvalue weighted by molar-refractivity contribution is 6.40.